The van der Waals surface area contributed by atoms with Gasteiger partial charge in [-0.1, -0.05) is 12.1 Å². The molecule has 2 heterocycles. The lowest BCUT2D eigenvalue weighted by Crippen LogP contribution is -2.30. The number of tetrazole rings is 1. The largest absolute Gasteiger partial charge is 0.497 e. The van der Waals surface area contributed by atoms with E-state index in [-0.39, 0.29) is 0 Å². The molecule has 1 aliphatic heterocycles. The molecule has 0 bridgehead atoms. The van der Waals surface area contributed by atoms with E-state index in [1.807, 2.05) is 16.8 Å². The number of rotatable bonds is 4. The van der Waals surface area contributed by atoms with Crippen LogP contribution in [-0.2, 0) is 6.42 Å². The number of ether oxygens (including phenoxy) is 1. The molecular weight excluding hydrogens is 254 g/mol. The van der Waals surface area contributed by atoms with Crippen LogP contribution >= 0.6 is 0 Å². The summed E-state index contributed by atoms with van der Waals surface area (Å²) in [4.78, 5) is 0. The number of nitrogens with one attached hydrogen (secondary N) is 1. The summed E-state index contributed by atoms with van der Waals surface area (Å²) in [7, 11) is 1.67. The first-order valence-corrected chi connectivity index (χ1v) is 6.97. The summed E-state index contributed by atoms with van der Waals surface area (Å²) in [6.07, 6.45) is 2.92. The standard InChI is InChI=1S/C14H19N5O/c1-20-13-4-2-11(3-5-13)10-14-16-17-18-19(14)12-6-8-15-9-7-12/h2-5,12,15H,6-10H2,1H3. The second-order valence-electron chi connectivity index (χ2n) is 5.05. The van der Waals surface area contributed by atoms with Crippen molar-refractivity contribution in [1.29, 1.82) is 0 Å². The quantitative estimate of drug-likeness (QED) is 0.906. The van der Waals surface area contributed by atoms with Gasteiger partial charge in [-0.2, -0.15) is 0 Å². The normalized spacial score (nSPS) is 16.2. The highest BCUT2D eigenvalue weighted by molar-refractivity contribution is 5.28. The average Bonchev–Trinajstić information content (AvgIpc) is 2.97. The Balaban J connectivity index is 1.75. The average molecular weight is 273 g/mol. The Bertz CT molecular complexity index is 545. The van der Waals surface area contributed by atoms with Crippen LogP contribution in [0.15, 0.2) is 24.3 Å². The fourth-order valence-corrected chi connectivity index (χ4v) is 2.59. The van der Waals surface area contributed by atoms with Crippen molar-refractivity contribution in [2.45, 2.75) is 25.3 Å². The number of nitrogens with zero attached hydrogens (tertiary/aromatic N) is 4. The van der Waals surface area contributed by atoms with Gasteiger partial charge in [0.25, 0.3) is 0 Å². The molecule has 1 fully saturated rings. The lowest BCUT2D eigenvalue weighted by Gasteiger charge is -2.23. The summed E-state index contributed by atoms with van der Waals surface area (Å²) in [5.41, 5.74) is 1.19. The molecule has 2 aromatic rings. The van der Waals surface area contributed by atoms with E-state index in [1.54, 1.807) is 7.11 Å². The molecule has 20 heavy (non-hydrogen) atoms. The van der Waals surface area contributed by atoms with Crippen LogP contribution < -0.4 is 10.1 Å². The first-order chi connectivity index (χ1) is 9.86. The molecule has 1 aliphatic rings. The molecule has 0 atom stereocenters. The first-order valence-electron chi connectivity index (χ1n) is 6.97. The third-order valence-corrected chi connectivity index (χ3v) is 3.74. The van der Waals surface area contributed by atoms with Gasteiger partial charge in [0.2, 0.25) is 0 Å². The van der Waals surface area contributed by atoms with E-state index in [9.17, 15) is 0 Å². The molecule has 6 nitrogen and oxygen atoms in total. The van der Waals surface area contributed by atoms with Gasteiger partial charge in [0, 0.05) is 6.42 Å². The molecule has 106 valence electrons. The van der Waals surface area contributed by atoms with Crippen LogP contribution in [0.3, 0.4) is 0 Å². The van der Waals surface area contributed by atoms with E-state index >= 15 is 0 Å². The summed E-state index contributed by atoms with van der Waals surface area (Å²) in [6.45, 7) is 2.07. The van der Waals surface area contributed by atoms with Crippen molar-refractivity contribution in [3.05, 3.63) is 35.7 Å². The van der Waals surface area contributed by atoms with Crippen LogP contribution in [0.5, 0.6) is 5.75 Å². The van der Waals surface area contributed by atoms with Crippen molar-refractivity contribution in [2.24, 2.45) is 0 Å². The second kappa shape index (κ2) is 6.00. The summed E-state index contributed by atoms with van der Waals surface area (Å²) in [6, 6.07) is 8.46. The van der Waals surface area contributed by atoms with Crippen LogP contribution in [0.4, 0.5) is 0 Å². The lowest BCUT2D eigenvalue weighted by atomic mass is 10.1. The summed E-state index contributed by atoms with van der Waals surface area (Å²) in [5.74, 6) is 1.80. The highest BCUT2D eigenvalue weighted by Gasteiger charge is 2.19. The zero-order valence-electron chi connectivity index (χ0n) is 11.6. The summed E-state index contributed by atoms with van der Waals surface area (Å²) < 4.78 is 7.16. The Kier molecular flexibility index (Phi) is 3.92. The fraction of sp³-hybridized carbons (Fsp3) is 0.500. The van der Waals surface area contributed by atoms with Crippen molar-refractivity contribution >= 4 is 0 Å². The molecule has 1 N–H and O–H groups in total. The third kappa shape index (κ3) is 2.80. The Morgan fingerprint density at radius 2 is 2.00 bits per heavy atom. The topological polar surface area (TPSA) is 64.9 Å². The van der Waals surface area contributed by atoms with E-state index in [0.29, 0.717) is 6.04 Å². The Morgan fingerprint density at radius 3 is 2.70 bits per heavy atom. The minimum absolute atomic E-state index is 0.416. The van der Waals surface area contributed by atoms with Crippen molar-refractivity contribution in [2.75, 3.05) is 20.2 Å². The van der Waals surface area contributed by atoms with Gasteiger partial charge >= 0.3 is 0 Å². The predicted molar refractivity (Wildman–Crippen MR) is 74.8 cm³/mol. The monoisotopic (exact) mass is 273 g/mol. The van der Waals surface area contributed by atoms with Gasteiger partial charge in [-0.25, -0.2) is 4.68 Å². The van der Waals surface area contributed by atoms with Gasteiger partial charge in [-0.15, -0.1) is 5.10 Å². The minimum Gasteiger partial charge on any atom is -0.497 e. The highest BCUT2D eigenvalue weighted by Crippen LogP contribution is 2.20. The maximum Gasteiger partial charge on any atom is 0.155 e. The maximum absolute atomic E-state index is 5.17. The van der Waals surface area contributed by atoms with E-state index in [2.05, 4.69) is 33.0 Å². The predicted octanol–water partition coefficient (Wildman–Crippen LogP) is 1.20. The number of aromatic nitrogens is 4. The van der Waals surface area contributed by atoms with Crippen molar-refractivity contribution in [1.82, 2.24) is 25.5 Å². The van der Waals surface area contributed by atoms with E-state index in [4.69, 9.17) is 4.74 Å². The Hall–Kier alpha value is -1.95. The number of piperidine rings is 1. The molecule has 0 unspecified atom stereocenters. The van der Waals surface area contributed by atoms with Crippen LogP contribution in [0.25, 0.3) is 0 Å². The van der Waals surface area contributed by atoms with Crippen LogP contribution in [0, 0.1) is 0 Å². The molecule has 1 aromatic heterocycles. The summed E-state index contributed by atoms with van der Waals surface area (Å²) >= 11 is 0. The van der Waals surface area contributed by atoms with Crippen molar-refractivity contribution in [3.8, 4) is 5.75 Å². The van der Waals surface area contributed by atoms with Crippen LogP contribution in [0.2, 0.25) is 0 Å². The van der Waals surface area contributed by atoms with Crippen molar-refractivity contribution in [3.63, 3.8) is 0 Å². The van der Waals surface area contributed by atoms with Gasteiger partial charge in [0.1, 0.15) is 5.75 Å². The second-order valence-corrected chi connectivity index (χ2v) is 5.05. The molecule has 0 saturated carbocycles. The molecule has 0 spiro atoms. The zero-order chi connectivity index (χ0) is 13.8. The molecule has 1 saturated heterocycles. The van der Waals surface area contributed by atoms with Gasteiger partial charge in [0.15, 0.2) is 5.82 Å². The third-order valence-electron chi connectivity index (χ3n) is 3.74. The lowest BCUT2D eigenvalue weighted by molar-refractivity contribution is 0.331. The van der Waals surface area contributed by atoms with E-state index in [0.717, 1.165) is 43.9 Å². The van der Waals surface area contributed by atoms with Gasteiger partial charge in [-0.3, -0.25) is 0 Å². The Morgan fingerprint density at radius 1 is 1.25 bits per heavy atom. The molecule has 0 aliphatic carbocycles. The van der Waals surface area contributed by atoms with Crippen LogP contribution in [-0.4, -0.2) is 40.4 Å². The van der Waals surface area contributed by atoms with Gasteiger partial charge in [0.05, 0.1) is 13.2 Å². The van der Waals surface area contributed by atoms with Gasteiger partial charge < -0.3 is 10.1 Å². The minimum atomic E-state index is 0.416. The maximum atomic E-state index is 5.17. The highest BCUT2D eigenvalue weighted by atomic mass is 16.5. The van der Waals surface area contributed by atoms with E-state index in [1.165, 1.54) is 5.56 Å². The number of methoxy groups -OCH3 is 1. The first kappa shape index (κ1) is 13.1. The summed E-state index contributed by atoms with van der Waals surface area (Å²) in [5, 5.41) is 15.6. The molecule has 0 amide bonds. The van der Waals surface area contributed by atoms with Crippen molar-refractivity contribution < 1.29 is 4.74 Å². The molecular formula is C14H19N5O. The SMILES string of the molecule is COc1ccc(Cc2nnnn2C2CCNCC2)cc1. The van der Waals surface area contributed by atoms with Gasteiger partial charge in [-0.05, 0) is 54.1 Å². The number of hydrogen-bond donors (Lipinski definition) is 1. The molecule has 3 rings (SSSR count). The Labute approximate surface area is 118 Å². The smallest absolute Gasteiger partial charge is 0.155 e. The van der Waals surface area contributed by atoms with Crippen LogP contribution in [0.1, 0.15) is 30.3 Å². The van der Waals surface area contributed by atoms with E-state index < -0.39 is 0 Å². The molecule has 0 radical (unpaired) electrons. The molecule has 6 heteroatoms. The number of hydrogen-bond acceptors (Lipinski definition) is 5. The zero-order valence-corrected chi connectivity index (χ0v) is 11.6. The fourth-order valence-electron chi connectivity index (χ4n) is 2.59. The molecule has 1 aromatic carbocycles. The number of benzene rings is 1.